The molecule has 0 bridgehead atoms. The first kappa shape index (κ1) is 20.9. The minimum atomic E-state index is -3.67. The zero-order valence-electron chi connectivity index (χ0n) is 15.9. The number of para-hydroxylation sites is 1. The topological polar surface area (TPSA) is 78.0 Å². The maximum atomic E-state index is 14.1. The van der Waals surface area contributed by atoms with Crippen LogP contribution < -0.4 is 4.90 Å². The largest absolute Gasteiger partial charge is 0.289 e. The Hall–Kier alpha value is -2.33. The predicted molar refractivity (Wildman–Crippen MR) is 109 cm³/mol. The molecule has 1 atom stereocenters. The molecule has 2 amide bonds. The van der Waals surface area contributed by atoms with Crippen LogP contribution in [0.25, 0.3) is 0 Å². The molecule has 0 aromatic heterocycles. The third kappa shape index (κ3) is 3.74. The summed E-state index contributed by atoms with van der Waals surface area (Å²) in [7, 11) is -3.67. The van der Waals surface area contributed by atoms with Crippen LogP contribution in [0.5, 0.6) is 0 Å². The van der Waals surface area contributed by atoms with Crippen molar-refractivity contribution in [1.82, 2.24) is 9.21 Å². The Kier molecular flexibility index (Phi) is 5.63. The van der Waals surface area contributed by atoms with Gasteiger partial charge in [-0.3, -0.25) is 14.5 Å². The van der Waals surface area contributed by atoms with Gasteiger partial charge in [0.2, 0.25) is 15.9 Å². The highest BCUT2D eigenvalue weighted by Gasteiger charge is 2.44. The molecule has 0 radical (unpaired) electrons. The molecule has 4 rings (SSSR count). The number of hydrogen-bond acceptors (Lipinski definition) is 5. The Labute approximate surface area is 178 Å². The third-order valence-electron chi connectivity index (χ3n) is 5.38. The van der Waals surface area contributed by atoms with Crippen molar-refractivity contribution < 1.29 is 22.4 Å². The van der Waals surface area contributed by atoms with Crippen molar-refractivity contribution in [3.8, 4) is 0 Å². The van der Waals surface area contributed by atoms with Gasteiger partial charge in [0.05, 0.1) is 23.0 Å². The predicted octanol–water partition coefficient (Wildman–Crippen LogP) is 2.12. The van der Waals surface area contributed by atoms with Gasteiger partial charge in [-0.2, -0.15) is 4.31 Å². The Balaban J connectivity index is 1.46. The zero-order chi connectivity index (χ0) is 21.5. The second kappa shape index (κ2) is 8.07. The van der Waals surface area contributed by atoms with Crippen LogP contribution >= 0.6 is 11.6 Å². The molecule has 158 valence electrons. The standard InChI is InChI=1S/C20H19ClFN3O4S/c21-14-5-7-15(8-6-14)30(28,29)24-11-9-23(10-12-24)18-13-19(26)25(20(18)27)17-4-2-1-3-16(17)22/h1-8,18H,9-13H2/t18-/m0/s1. The maximum absolute atomic E-state index is 14.1. The molecule has 0 aliphatic carbocycles. The van der Waals surface area contributed by atoms with Gasteiger partial charge in [0.15, 0.2) is 0 Å². The summed E-state index contributed by atoms with van der Waals surface area (Å²) in [6, 6.07) is 10.9. The molecule has 0 saturated carbocycles. The Morgan fingerprint density at radius 2 is 1.57 bits per heavy atom. The van der Waals surface area contributed by atoms with Crippen LogP contribution in [0, 0.1) is 5.82 Å². The van der Waals surface area contributed by atoms with Gasteiger partial charge in [0.1, 0.15) is 5.82 Å². The third-order valence-corrected chi connectivity index (χ3v) is 7.55. The minimum absolute atomic E-state index is 0.0565. The number of rotatable bonds is 4. The number of imide groups is 1. The maximum Gasteiger partial charge on any atom is 0.251 e. The quantitative estimate of drug-likeness (QED) is 0.665. The minimum Gasteiger partial charge on any atom is -0.289 e. The number of carbonyl (C=O) groups excluding carboxylic acids is 2. The van der Waals surface area contributed by atoms with Crippen LogP contribution in [0.15, 0.2) is 53.4 Å². The van der Waals surface area contributed by atoms with E-state index in [2.05, 4.69) is 0 Å². The molecule has 10 heteroatoms. The SMILES string of the molecule is O=C1C[C@H](N2CCN(S(=O)(=O)c3ccc(Cl)cc3)CC2)C(=O)N1c1ccccc1F. The number of amides is 2. The summed E-state index contributed by atoms with van der Waals surface area (Å²) in [5.74, 6) is -1.59. The number of carbonyl (C=O) groups is 2. The van der Waals surface area contributed by atoms with Gasteiger partial charge in [-0.05, 0) is 36.4 Å². The molecule has 2 aliphatic heterocycles. The highest BCUT2D eigenvalue weighted by atomic mass is 35.5. The fraction of sp³-hybridized carbons (Fsp3) is 0.300. The smallest absolute Gasteiger partial charge is 0.251 e. The molecule has 2 aromatic carbocycles. The lowest BCUT2D eigenvalue weighted by Crippen LogP contribution is -2.53. The summed E-state index contributed by atoms with van der Waals surface area (Å²) in [5, 5.41) is 0.447. The second-order valence-electron chi connectivity index (χ2n) is 7.13. The molecule has 2 fully saturated rings. The summed E-state index contributed by atoms with van der Waals surface area (Å²) < 4.78 is 41.1. The monoisotopic (exact) mass is 451 g/mol. The van der Waals surface area contributed by atoms with Crippen molar-refractivity contribution in [3.63, 3.8) is 0 Å². The van der Waals surface area contributed by atoms with Gasteiger partial charge < -0.3 is 0 Å². The van der Waals surface area contributed by atoms with E-state index in [1.54, 1.807) is 11.0 Å². The van der Waals surface area contributed by atoms with Crippen molar-refractivity contribution in [1.29, 1.82) is 0 Å². The number of benzene rings is 2. The van der Waals surface area contributed by atoms with Crippen molar-refractivity contribution in [3.05, 3.63) is 59.4 Å². The summed E-state index contributed by atoms with van der Waals surface area (Å²) in [6.45, 7) is 0.953. The first-order chi connectivity index (χ1) is 14.3. The van der Waals surface area contributed by atoms with E-state index >= 15 is 0 Å². The van der Waals surface area contributed by atoms with Gasteiger partial charge >= 0.3 is 0 Å². The van der Waals surface area contributed by atoms with Crippen LogP contribution in [0.3, 0.4) is 0 Å². The van der Waals surface area contributed by atoms with E-state index < -0.39 is 33.7 Å². The number of sulfonamides is 1. The number of piperazine rings is 1. The average molecular weight is 452 g/mol. The highest BCUT2D eigenvalue weighted by Crippen LogP contribution is 2.29. The van der Waals surface area contributed by atoms with Crippen molar-refractivity contribution in [2.24, 2.45) is 0 Å². The fourth-order valence-electron chi connectivity index (χ4n) is 3.80. The van der Waals surface area contributed by atoms with E-state index in [0.717, 1.165) is 4.90 Å². The van der Waals surface area contributed by atoms with E-state index in [9.17, 15) is 22.4 Å². The summed E-state index contributed by atoms with van der Waals surface area (Å²) >= 11 is 5.83. The molecule has 0 unspecified atom stereocenters. The Bertz CT molecular complexity index is 1090. The van der Waals surface area contributed by atoms with E-state index in [0.29, 0.717) is 18.1 Å². The number of nitrogens with zero attached hydrogens (tertiary/aromatic N) is 3. The molecule has 2 aromatic rings. The molecule has 2 heterocycles. The van der Waals surface area contributed by atoms with Gasteiger partial charge in [-0.15, -0.1) is 0 Å². The van der Waals surface area contributed by atoms with Gasteiger partial charge in [-0.25, -0.2) is 17.7 Å². The molecular formula is C20H19ClFN3O4S. The lowest BCUT2D eigenvalue weighted by Gasteiger charge is -2.36. The average Bonchev–Trinajstić information content (AvgIpc) is 3.03. The molecule has 7 nitrogen and oxygen atoms in total. The van der Waals surface area contributed by atoms with E-state index in [1.165, 1.54) is 46.8 Å². The normalized spacial score (nSPS) is 21.4. The first-order valence-corrected chi connectivity index (χ1v) is 11.2. The zero-order valence-corrected chi connectivity index (χ0v) is 17.4. The molecule has 30 heavy (non-hydrogen) atoms. The van der Waals surface area contributed by atoms with Crippen molar-refractivity contribution >= 4 is 39.1 Å². The molecule has 2 saturated heterocycles. The number of halogens is 2. The Morgan fingerprint density at radius 1 is 0.933 bits per heavy atom. The molecule has 2 aliphatic rings. The highest BCUT2D eigenvalue weighted by molar-refractivity contribution is 7.89. The van der Waals surface area contributed by atoms with Crippen LogP contribution in [-0.4, -0.2) is 61.7 Å². The fourth-order valence-corrected chi connectivity index (χ4v) is 5.35. The molecule has 0 N–H and O–H groups in total. The summed E-state index contributed by atoms with van der Waals surface area (Å²) in [6.07, 6.45) is -0.0584. The van der Waals surface area contributed by atoms with Gasteiger partial charge in [-0.1, -0.05) is 23.7 Å². The van der Waals surface area contributed by atoms with E-state index in [1.807, 2.05) is 0 Å². The van der Waals surface area contributed by atoms with Crippen LogP contribution in [0.4, 0.5) is 10.1 Å². The van der Waals surface area contributed by atoms with E-state index in [4.69, 9.17) is 11.6 Å². The lowest BCUT2D eigenvalue weighted by molar-refractivity contribution is -0.123. The number of hydrogen-bond donors (Lipinski definition) is 0. The number of anilines is 1. The van der Waals surface area contributed by atoms with Gasteiger partial charge in [0.25, 0.3) is 5.91 Å². The first-order valence-electron chi connectivity index (χ1n) is 9.40. The lowest BCUT2D eigenvalue weighted by atomic mass is 10.2. The summed E-state index contributed by atoms with van der Waals surface area (Å²) in [4.78, 5) is 28.1. The molecule has 0 spiro atoms. The van der Waals surface area contributed by atoms with E-state index in [-0.39, 0.29) is 30.1 Å². The van der Waals surface area contributed by atoms with Crippen molar-refractivity contribution in [2.75, 3.05) is 31.1 Å². The molecular weight excluding hydrogens is 433 g/mol. The van der Waals surface area contributed by atoms with Crippen LogP contribution in [0.1, 0.15) is 6.42 Å². The Morgan fingerprint density at radius 3 is 2.20 bits per heavy atom. The van der Waals surface area contributed by atoms with Crippen LogP contribution in [-0.2, 0) is 19.6 Å². The second-order valence-corrected chi connectivity index (χ2v) is 9.51. The van der Waals surface area contributed by atoms with Crippen molar-refractivity contribution in [2.45, 2.75) is 17.4 Å². The van der Waals surface area contributed by atoms with Gasteiger partial charge in [0, 0.05) is 31.2 Å². The summed E-state index contributed by atoms with van der Waals surface area (Å²) in [5.41, 5.74) is -0.0565. The van der Waals surface area contributed by atoms with Crippen LogP contribution in [0.2, 0.25) is 5.02 Å².